The van der Waals surface area contributed by atoms with Gasteiger partial charge >= 0.3 is 0 Å². The van der Waals surface area contributed by atoms with Crippen LogP contribution >= 0.6 is 47.8 Å². The Balaban J connectivity index is 0.00000156. The number of hydrogen-bond acceptors (Lipinski definition) is 4. The van der Waals surface area contributed by atoms with Gasteiger partial charge in [0, 0.05) is 35.1 Å². The molecule has 2 heterocycles. The monoisotopic (exact) mass is 421 g/mol. The van der Waals surface area contributed by atoms with E-state index in [2.05, 4.69) is 4.98 Å². The molecule has 0 aliphatic carbocycles. The summed E-state index contributed by atoms with van der Waals surface area (Å²) in [5, 5.41) is 3.37. The molecule has 1 fully saturated rings. The van der Waals surface area contributed by atoms with Crippen LogP contribution in [0.1, 0.15) is 30.3 Å². The Bertz CT molecular complexity index is 691. The molecule has 1 saturated heterocycles. The van der Waals surface area contributed by atoms with Gasteiger partial charge in [-0.3, -0.25) is 4.79 Å². The first kappa shape index (κ1) is 22.2. The molecule has 4 nitrogen and oxygen atoms in total. The van der Waals surface area contributed by atoms with Gasteiger partial charge < -0.3 is 10.6 Å². The number of hydrogen-bond donors (Lipinski definition) is 1. The Labute approximate surface area is 169 Å². The normalized spacial score (nSPS) is 18.0. The highest BCUT2D eigenvalue weighted by atomic mass is 35.5. The first-order chi connectivity index (χ1) is 11.0. The number of nitrogens with zero attached hydrogens (tertiary/aromatic N) is 2. The number of piperidine rings is 1. The van der Waals surface area contributed by atoms with E-state index in [1.165, 1.54) is 11.3 Å². The van der Waals surface area contributed by atoms with Gasteiger partial charge in [-0.05, 0) is 37.8 Å². The summed E-state index contributed by atoms with van der Waals surface area (Å²) < 4.78 is 0. The summed E-state index contributed by atoms with van der Waals surface area (Å²) in [4.78, 5) is 19.1. The minimum absolute atomic E-state index is 0. The van der Waals surface area contributed by atoms with Crippen LogP contribution < -0.4 is 5.73 Å². The summed E-state index contributed by atoms with van der Waals surface area (Å²) in [7, 11) is 0. The minimum Gasteiger partial charge on any atom is -0.337 e. The highest BCUT2D eigenvalue weighted by Gasteiger charge is 2.27. The van der Waals surface area contributed by atoms with E-state index in [4.69, 9.17) is 17.3 Å². The minimum atomic E-state index is 0. The fraction of sp³-hybridized carbons (Fsp3) is 0.412. The van der Waals surface area contributed by atoms with Crippen molar-refractivity contribution in [2.24, 2.45) is 11.7 Å². The zero-order chi connectivity index (χ0) is 16.4. The number of nitrogens with two attached hydrogens (primary N) is 1. The summed E-state index contributed by atoms with van der Waals surface area (Å²) in [6.45, 7) is 3.53. The third-order valence-electron chi connectivity index (χ3n) is 4.30. The van der Waals surface area contributed by atoms with E-state index >= 15 is 0 Å². The second-order valence-electron chi connectivity index (χ2n) is 6.06. The number of amides is 1. The Morgan fingerprint density at radius 3 is 2.68 bits per heavy atom. The number of likely N-dealkylation sites (tertiary alicyclic amines) is 1. The number of carbonyl (C=O) groups excluding carboxylic acids is 1. The van der Waals surface area contributed by atoms with E-state index in [0.29, 0.717) is 16.6 Å². The molecule has 1 aliphatic heterocycles. The molecule has 2 unspecified atom stereocenters. The lowest BCUT2D eigenvalue weighted by molar-refractivity contribution is 0.0656. The number of benzene rings is 1. The van der Waals surface area contributed by atoms with Gasteiger partial charge in [0.05, 0.1) is 0 Å². The highest BCUT2D eigenvalue weighted by Crippen LogP contribution is 2.27. The zero-order valence-electron chi connectivity index (χ0n) is 13.9. The van der Waals surface area contributed by atoms with Crippen LogP contribution in [0.4, 0.5) is 0 Å². The van der Waals surface area contributed by atoms with Gasteiger partial charge in [0.15, 0.2) is 0 Å². The van der Waals surface area contributed by atoms with Crippen LogP contribution in [0.3, 0.4) is 0 Å². The molecule has 8 heteroatoms. The topological polar surface area (TPSA) is 59.2 Å². The maximum atomic E-state index is 12.7. The lowest BCUT2D eigenvalue weighted by Gasteiger charge is -2.34. The lowest BCUT2D eigenvalue weighted by Crippen LogP contribution is -2.45. The maximum absolute atomic E-state index is 12.7. The third kappa shape index (κ3) is 5.31. The first-order valence-electron chi connectivity index (χ1n) is 7.81. The quantitative estimate of drug-likeness (QED) is 0.792. The molecule has 0 spiro atoms. The van der Waals surface area contributed by atoms with E-state index in [0.717, 1.165) is 36.5 Å². The van der Waals surface area contributed by atoms with E-state index < -0.39 is 0 Å². The van der Waals surface area contributed by atoms with Gasteiger partial charge in [-0.1, -0.05) is 23.7 Å². The molecule has 1 aromatic carbocycles. The molecule has 25 heavy (non-hydrogen) atoms. The van der Waals surface area contributed by atoms with Gasteiger partial charge in [-0.25, -0.2) is 4.98 Å². The third-order valence-corrected chi connectivity index (χ3v) is 5.45. The zero-order valence-corrected chi connectivity index (χ0v) is 17.1. The number of carbonyl (C=O) groups is 1. The molecule has 138 valence electrons. The second-order valence-corrected chi connectivity index (χ2v) is 7.35. The van der Waals surface area contributed by atoms with Crippen LogP contribution in [0.25, 0.3) is 10.6 Å². The van der Waals surface area contributed by atoms with E-state index in [1.54, 1.807) is 0 Å². The van der Waals surface area contributed by atoms with Crippen molar-refractivity contribution in [2.75, 3.05) is 13.1 Å². The molecule has 2 aromatic rings. The van der Waals surface area contributed by atoms with Crippen molar-refractivity contribution in [1.29, 1.82) is 0 Å². The van der Waals surface area contributed by atoms with Gasteiger partial charge in [0.1, 0.15) is 10.7 Å². The van der Waals surface area contributed by atoms with E-state index in [-0.39, 0.29) is 36.8 Å². The van der Waals surface area contributed by atoms with E-state index in [9.17, 15) is 4.79 Å². The number of aromatic nitrogens is 1. The number of halogens is 3. The fourth-order valence-corrected chi connectivity index (χ4v) is 3.81. The standard InChI is InChI=1S/C17H20ClN3OS.2ClH/c1-11(19)13-3-2-8-21(9-13)17(22)15-10-23-16(20-15)12-4-6-14(18)7-5-12;;/h4-7,10-11,13H,2-3,8-9,19H2,1H3;2*1H. The summed E-state index contributed by atoms with van der Waals surface area (Å²) in [6.07, 6.45) is 2.10. The van der Waals surface area contributed by atoms with Crippen molar-refractivity contribution >= 4 is 53.7 Å². The fourth-order valence-electron chi connectivity index (χ4n) is 2.88. The van der Waals surface area contributed by atoms with Crippen molar-refractivity contribution in [3.63, 3.8) is 0 Å². The van der Waals surface area contributed by atoms with Crippen LogP contribution in [0.2, 0.25) is 5.02 Å². The van der Waals surface area contributed by atoms with Crippen LogP contribution in [-0.2, 0) is 0 Å². The lowest BCUT2D eigenvalue weighted by atomic mass is 9.92. The Morgan fingerprint density at radius 1 is 1.36 bits per heavy atom. The molecule has 3 rings (SSSR count). The molecule has 0 radical (unpaired) electrons. The molecule has 1 aromatic heterocycles. The summed E-state index contributed by atoms with van der Waals surface area (Å²) in [6, 6.07) is 7.62. The molecule has 1 amide bonds. The Hall–Kier alpha value is -0.850. The molecular formula is C17H22Cl3N3OS. The average Bonchev–Trinajstić information content (AvgIpc) is 3.05. The van der Waals surface area contributed by atoms with Crippen LogP contribution in [-0.4, -0.2) is 34.9 Å². The smallest absolute Gasteiger partial charge is 0.273 e. The average molecular weight is 423 g/mol. The predicted molar refractivity (Wildman–Crippen MR) is 109 cm³/mol. The van der Waals surface area contributed by atoms with Gasteiger partial charge in [-0.2, -0.15) is 0 Å². The van der Waals surface area contributed by atoms with Gasteiger partial charge in [-0.15, -0.1) is 36.2 Å². The van der Waals surface area contributed by atoms with Crippen molar-refractivity contribution < 1.29 is 4.79 Å². The van der Waals surface area contributed by atoms with Crippen molar-refractivity contribution in [3.8, 4) is 10.6 Å². The molecule has 2 atom stereocenters. The summed E-state index contributed by atoms with van der Waals surface area (Å²) >= 11 is 7.39. The predicted octanol–water partition coefficient (Wildman–Crippen LogP) is 4.51. The Kier molecular flexibility index (Phi) is 8.64. The van der Waals surface area contributed by atoms with E-state index in [1.807, 2.05) is 41.5 Å². The van der Waals surface area contributed by atoms with Crippen molar-refractivity contribution in [1.82, 2.24) is 9.88 Å². The molecule has 1 aliphatic rings. The van der Waals surface area contributed by atoms with Gasteiger partial charge in [0.25, 0.3) is 5.91 Å². The van der Waals surface area contributed by atoms with Gasteiger partial charge in [0.2, 0.25) is 0 Å². The van der Waals surface area contributed by atoms with Crippen LogP contribution in [0, 0.1) is 5.92 Å². The summed E-state index contributed by atoms with van der Waals surface area (Å²) in [5.41, 5.74) is 7.49. The highest BCUT2D eigenvalue weighted by molar-refractivity contribution is 7.13. The van der Waals surface area contributed by atoms with Crippen molar-refractivity contribution in [2.45, 2.75) is 25.8 Å². The maximum Gasteiger partial charge on any atom is 0.273 e. The largest absolute Gasteiger partial charge is 0.337 e. The second kappa shape index (κ2) is 9.74. The van der Waals surface area contributed by atoms with Crippen LogP contribution in [0.5, 0.6) is 0 Å². The van der Waals surface area contributed by atoms with Crippen LogP contribution in [0.15, 0.2) is 29.6 Å². The van der Waals surface area contributed by atoms with Crippen molar-refractivity contribution in [3.05, 3.63) is 40.4 Å². The molecular weight excluding hydrogens is 401 g/mol. The Morgan fingerprint density at radius 2 is 2.04 bits per heavy atom. The first-order valence-corrected chi connectivity index (χ1v) is 9.06. The molecule has 0 saturated carbocycles. The summed E-state index contributed by atoms with van der Waals surface area (Å²) in [5.74, 6) is 0.383. The number of rotatable bonds is 3. The number of thiazole rings is 1. The molecule has 0 bridgehead atoms. The molecule has 2 N–H and O–H groups in total. The SMILES string of the molecule is CC(N)C1CCCN(C(=O)c2csc(-c3ccc(Cl)cc3)n2)C1.Cl.Cl.